The Hall–Kier alpha value is 0.424. The molecule has 1 unspecified atom stereocenters. The average molecular weight is 575 g/mol. The molecule has 1 aliphatic rings. The van der Waals surface area contributed by atoms with E-state index >= 15 is 0 Å². The van der Waals surface area contributed by atoms with Crippen LogP contribution in [0.3, 0.4) is 0 Å². The van der Waals surface area contributed by atoms with E-state index in [9.17, 15) is 0 Å². The average Bonchev–Trinajstić information content (AvgIpc) is 3.17. The third kappa shape index (κ3) is 19.1. The maximum absolute atomic E-state index is 3.36. The van der Waals surface area contributed by atoms with Gasteiger partial charge in [0.05, 0.1) is 0 Å². The Labute approximate surface area is 220 Å². The minimum Gasteiger partial charge on any atom is -0.168 e. The molecule has 0 saturated carbocycles. The standard InChI is InChI=1S/C9H7.C9H13.2C3H9Si.2ClH.Si.Zr/c1-2-5-9-7-3-6-8(9)4-1;1-6-5-7(2)9(4)8(6)3;2*1-4(2)3;;;;/h1-7H;6H,1-4H3;2*1-3H3;2*1H;;/q2*-1;;;;;;+2. The van der Waals surface area contributed by atoms with E-state index in [-0.39, 0.29) is 42.4 Å². The molecule has 1 atom stereocenters. The van der Waals surface area contributed by atoms with Gasteiger partial charge in [-0.05, 0) is 0 Å². The van der Waals surface area contributed by atoms with Crippen LogP contribution >= 0.6 is 24.8 Å². The zero-order chi connectivity index (χ0) is 22.3. The van der Waals surface area contributed by atoms with Crippen LogP contribution in [-0.4, -0.2) is 24.5 Å². The van der Waals surface area contributed by atoms with Crippen LogP contribution in [0.25, 0.3) is 10.8 Å². The van der Waals surface area contributed by atoms with Gasteiger partial charge in [-0.25, -0.2) is 5.57 Å². The first-order chi connectivity index (χ1) is 13.1. The van der Waals surface area contributed by atoms with E-state index in [0.717, 1.165) is 0 Å². The van der Waals surface area contributed by atoms with Crippen molar-refractivity contribution in [2.75, 3.05) is 0 Å². The van der Waals surface area contributed by atoms with Crippen LogP contribution in [0.15, 0.2) is 59.2 Å². The maximum atomic E-state index is 3.36. The van der Waals surface area contributed by atoms with Crippen molar-refractivity contribution >= 4 is 60.1 Å². The van der Waals surface area contributed by atoms with Crippen LogP contribution in [0.4, 0.5) is 0 Å². The zero-order valence-corrected chi connectivity index (χ0v) is 27.5. The van der Waals surface area contributed by atoms with E-state index < -0.39 is 0 Å². The summed E-state index contributed by atoms with van der Waals surface area (Å²) in [5.41, 5.74) is 4.25. The predicted molar refractivity (Wildman–Crippen MR) is 146 cm³/mol. The molecule has 0 saturated heterocycles. The second-order valence-electron chi connectivity index (χ2n) is 7.95. The van der Waals surface area contributed by atoms with Gasteiger partial charge in [0.15, 0.2) is 0 Å². The first-order valence-corrected chi connectivity index (χ1v) is 19.9. The molecular weight excluding hydrogens is 535 g/mol. The third-order valence-electron chi connectivity index (χ3n) is 3.78. The van der Waals surface area contributed by atoms with Gasteiger partial charge < -0.3 is 0 Å². The van der Waals surface area contributed by atoms with Gasteiger partial charge in [-0.15, -0.1) is 61.4 Å². The van der Waals surface area contributed by atoms with Crippen LogP contribution < -0.4 is 0 Å². The van der Waals surface area contributed by atoms with Crippen LogP contribution in [0.1, 0.15) is 27.7 Å². The first-order valence-electron chi connectivity index (χ1n) is 9.73. The molecule has 0 heterocycles. The van der Waals surface area contributed by atoms with Crippen LogP contribution in [-0.2, 0) is 23.3 Å². The molecule has 0 fully saturated rings. The van der Waals surface area contributed by atoms with Crippen molar-refractivity contribution in [1.29, 1.82) is 0 Å². The van der Waals surface area contributed by atoms with Gasteiger partial charge in [0.25, 0.3) is 0 Å². The summed E-state index contributed by atoms with van der Waals surface area (Å²) in [6.45, 7) is 25.3. The number of hydrogen-bond acceptors (Lipinski definition) is 0. The number of rotatable bonds is 0. The molecule has 0 N–H and O–H groups in total. The minimum absolute atomic E-state index is 0. The third-order valence-corrected chi connectivity index (χ3v) is 3.78. The molecule has 2 aromatic rings. The van der Waals surface area contributed by atoms with Crippen molar-refractivity contribution < 1.29 is 23.3 Å². The van der Waals surface area contributed by atoms with Gasteiger partial charge in [0.2, 0.25) is 0 Å². The molecule has 6 heteroatoms. The summed E-state index contributed by atoms with van der Waals surface area (Å²) in [5, 5.41) is 2.66. The van der Waals surface area contributed by atoms with Gasteiger partial charge >= 0.3 is 30.2 Å². The molecule has 3 rings (SSSR count). The molecule has 2 aromatic carbocycles. The SMILES string of the molecule is CC1=[C-]C(C)C(C)=C1C.C[Si](C)C.C[Si](C)C.Cl.Cl.[Si]=[Zr+2].c1ccc2[cH-]ccc2c1. The van der Waals surface area contributed by atoms with Gasteiger partial charge in [0.1, 0.15) is 0 Å². The fourth-order valence-electron chi connectivity index (χ4n) is 2.23. The molecule has 166 valence electrons. The second kappa shape index (κ2) is 22.6. The zero-order valence-electron chi connectivity index (χ0n) is 20.4. The molecule has 0 nitrogen and oxygen atoms in total. The number of benzene rings is 1. The van der Waals surface area contributed by atoms with E-state index in [0.29, 0.717) is 5.92 Å². The predicted octanol–water partition coefficient (Wildman–Crippen LogP) is 8.48. The summed E-state index contributed by atoms with van der Waals surface area (Å²) in [7, 11) is 0.241. The Morgan fingerprint density at radius 3 is 1.60 bits per heavy atom. The second-order valence-corrected chi connectivity index (χ2v) is 14.0. The topological polar surface area (TPSA) is 0 Å². The van der Waals surface area contributed by atoms with E-state index in [1.807, 2.05) is 0 Å². The van der Waals surface area contributed by atoms with Crippen LogP contribution in [0.2, 0.25) is 39.3 Å². The first kappa shape index (κ1) is 37.7. The summed E-state index contributed by atoms with van der Waals surface area (Å²) in [6, 6.07) is 14.7. The number of allylic oxidation sites excluding steroid dienone is 4. The van der Waals surface area contributed by atoms with Gasteiger partial charge in [-0.1, -0.05) is 72.0 Å². The minimum atomic E-state index is 0. The fourth-order valence-corrected chi connectivity index (χ4v) is 2.23. The smallest absolute Gasteiger partial charge is 0.0809 e. The molecule has 0 aromatic heterocycles. The van der Waals surface area contributed by atoms with E-state index in [2.05, 4.69) is 122 Å². The Bertz CT molecular complexity index is 680. The maximum Gasteiger partial charge on any atom is -0.0809 e. The van der Waals surface area contributed by atoms with Crippen molar-refractivity contribution in [1.82, 2.24) is 0 Å². The van der Waals surface area contributed by atoms with E-state index in [1.165, 1.54) is 50.8 Å². The van der Waals surface area contributed by atoms with Gasteiger partial charge in [0, 0.05) is 17.6 Å². The Kier molecular flexibility index (Phi) is 28.4. The number of hydrogen-bond donors (Lipinski definition) is 0. The summed E-state index contributed by atoms with van der Waals surface area (Å²) in [4.78, 5) is 0. The summed E-state index contributed by atoms with van der Waals surface area (Å²) < 4.78 is 0. The molecular formula is C24H40Cl2Si3Zr. The van der Waals surface area contributed by atoms with Crippen molar-refractivity contribution in [2.24, 2.45) is 5.92 Å². The quantitative estimate of drug-likeness (QED) is 0.219. The molecule has 30 heavy (non-hydrogen) atoms. The Morgan fingerprint density at radius 1 is 0.867 bits per heavy atom. The summed E-state index contributed by atoms with van der Waals surface area (Å²) >= 11 is 1.36. The van der Waals surface area contributed by atoms with Crippen molar-refractivity contribution in [3.63, 3.8) is 0 Å². The monoisotopic (exact) mass is 572 g/mol. The molecule has 4 radical (unpaired) electrons. The normalized spacial score (nSPS) is 13.8. The number of fused-ring (bicyclic) bond motifs is 1. The van der Waals surface area contributed by atoms with Gasteiger partial charge in [-0.2, -0.15) is 28.7 Å². The fraction of sp³-hybridized carbons (Fsp3) is 0.458. The van der Waals surface area contributed by atoms with Gasteiger partial charge in [-0.3, -0.25) is 6.08 Å². The summed E-state index contributed by atoms with van der Waals surface area (Å²) in [5.74, 6) is 0.560. The Balaban J connectivity index is -0.000000152. The van der Waals surface area contributed by atoms with Crippen molar-refractivity contribution in [2.45, 2.75) is 67.0 Å². The molecule has 1 aliphatic carbocycles. The van der Waals surface area contributed by atoms with Crippen LogP contribution in [0.5, 0.6) is 0 Å². The van der Waals surface area contributed by atoms with Crippen LogP contribution in [0, 0.1) is 12.0 Å². The van der Waals surface area contributed by atoms with Crippen molar-refractivity contribution in [3.05, 3.63) is 65.3 Å². The Morgan fingerprint density at radius 2 is 1.30 bits per heavy atom. The molecule has 0 amide bonds. The molecule has 0 bridgehead atoms. The number of halogens is 2. The van der Waals surface area contributed by atoms with E-state index in [1.54, 1.807) is 0 Å². The van der Waals surface area contributed by atoms with Crippen molar-refractivity contribution in [3.8, 4) is 0 Å². The molecule has 0 spiro atoms. The molecule has 0 aliphatic heterocycles. The van der Waals surface area contributed by atoms with E-state index in [4.69, 9.17) is 0 Å². The largest absolute Gasteiger partial charge is 0.168 e. The summed E-state index contributed by atoms with van der Waals surface area (Å²) in [6.07, 6.45) is 3.36.